The Morgan fingerprint density at radius 1 is 1.08 bits per heavy atom. The van der Waals surface area contributed by atoms with Gasteiger partial charge in [-0.25, -0.2) is 9.98 Å². The maximum absolute atomic E-state index is 13.5. The molecule has 0 fully saturated rings. The van der Waals surface area contributed by atoms with Crippen LogP contribution in [0.5, 0.6) is 5.75 Å². The highest BCUT2D eigenvalue weighted by molar-refractivity contribution is 7.15. The Hall–Kier alpha value is -3.65. The van der Waals surface area contributed by atoms with Gasteiger partial charge in [0.15, 0.2) is 5.13 Å². The van der Waals surface area contributed by atoms with E-state index in [4.69, 9.17) is 14.1 Å². The van der Waals surface area contributed by atoms with E-state index in [1.54, 1.807) is 7.11 Å². The van der Waals surface area contributed by atoms with Crippen molar-refractivity contribution in [2.45, 2.75) is 47.0 Å². The highest BCUT2D eigenvalue weighted by Crippen LogP contribution is 2.26. The summed E-state index contributed by atoms with van der Waals surface area (Å²) in [6.07, 6.45) is 2.79. The Morgan fingerprint density at radius 3 is 2.49 bits per heavy atom. The molecule has 0 saturated heterocycles. The number of carbonyl (C=O) groups excluding carboxylic acids is 1. The maximum Gasteiger partial charge on any atom is 0.262 e. The molecule has 0 atom stereocenters. The number of benzene rings is 2. The van der Waals surface area contributed by atoms with Gasteiger partial charge in [-0.05, 0) is 69.2 Å². The number of hydrogen-bond donors (Lipinski definition) is 1. The summed E-state index contributed by atoms with van der Waals surface area (Å²) in [6.45, 7) is 10.3. The maximum atomic E-state index is 13.5. The predicted octanol–water partition coefficient (Wildman–Crippen LogP) is 6.74. The summed E-state index contributed by atoms with van der Waals surface area (Å²) in [5.74, 6) is 0.430. The lowest BCUT2D eigenvalue weighted by atomic mass is 10.1. The van der Waals surface area contributed by atoms with Crippen LogP contribution in [0.2, 0.25) is 0 Å². The molecular formula is C29H34N4O3S. The zero-order valence-electron chi connectivity index (χ0n) is 22.1. The number of nitrogens with zero attached hydrogens (tertiary/aromatic N) is 3. The highest BCUT2D eigenvalue weighted by atomic mass is 32.1. The molecule has 8 heteroatoms. The Bertz CT molecular complexity index is 1440. The largest absolute Gasteiger partial charge is 0.497 e. The molecule has 7 nitrogen and oxygen atoms in total. The fourth-order valence-corrected chi connectivity index (χ4v) is 5.16. The van der Waals surface area contributed by atoms with Crippen molar-refractivity contribution in [1.29, 1.82) is 0 Å². The van der Waals surface area contributed by atoms with E-state index in [1.165, 1.54) is 16.2 Å². The van der Waals surface area contributed by atoms with Crippen molar-refractivity contribution in [2.75, 3.05) is 30.4 Å². The van der Waals surface area contributed by atoms with Gasteiger partial charge in [-0.15, -0.1) is 11.3 Å². The standard InChI is InChI=1S/C29H34N4O3S/c1-6-10-24-26(7-2)37-29(31-24)32-27(34)23-17-19-11-14-21(33(8-3)9-4)18-25(19)36-28(23)30-20-12-15-22(35-5)16-13-20/h11-18H,6-10H2,1-5H3,(H,31,32,34). The second-order valence-corrected chi connectivity index (χ2v) is 9.70. The summed E-state index contributed by atoms with van der Waals surface area (Å²) in [5.41, 5.74) is 4.04. The average Bonchev–Trinajstić information content (AvgIpc) is 3.30. The van der Waals surface area contributed by atoms with Gasteiger partial charge in [0.25, 0.3) is 5.91 Å². The molecule has 0 radical (unpaired) electrons. The van der Waals surface area contributed by atoms with Crippen LogP contribution in [0.15, 0.2) is 57.9 Å². The first kappa shape index (κ1) is 26.4. The van der Waals surface area contributed by atoms with Gasteiger partial charge < -0.3 is 14.1 Å². The Balaban J connectivity index is 1.80. The Kier molecular flexibility index (Phi) is 8.61. The van der Waals surface area contributed by atoms with Gasteiger partial charge in [0.05, 0.1) is 18.5 Å². The van der Waals surface area contributed by atoms with Crippen molar-refractivity contribution in [2.24, 2.45) is 4.99 Å². The number of rotatable bonds is 10. The third kappa shape index (κ3) is 6.02. The van der Waals surface area contributed by atoms with Gasteiger partial charge in [-0.2, -0.15) is 0 Å². The lowest BCUT2D eigenvalue weighted by Gasteiger charge is -2.21. The molecule has 0 aliphatic carbocycles. The number of amides is 1. The molecule has 4 aromatic rings. The molecule has 0 unspecified atom stereocenters. The molecule has 194 valence electrons. The summed E-state index contributed by atoms with van der Waals surface area (Å²) in [7, 11) is 1.62. The molecule has 0 aliphatic heterocycles. The summed E-state index contributed by atoms with van der Waals surface area (Å²) in [4.78, 5) is 26.3. The first-order valence-electron chi connectivity index (χ1n) is 12.8. The molecule has 0 saturated carbocycles. The average molecular weight is 519 g/mol. The molecule has 37 heavy (non-hydrogen) atoms. The van der Waals surface area contributed by atoms with E-state index in [0.717, 1.165) is 54.9 Å². The smallest absolute Gasteiger partial charge is 0.262 e. The first-order valence-corrected chi connectivity index (χ1v) is 13.6. The van der Waals surface area contributed by atoms with Crippen LogP contribution in [0.25, 0.3) is 11.0 Å². The molecule has 2 heterocycles. The normalized spacial score (nSPS) is 11.6. The zero-order valence-corrected chi connectivity index (χ0v) is 22.9. The Labute approximate surface area is 221 Å². The minimum Gasteiger partial charge on any atom is -0.497 e. The van der Waals surface area contributed by atoms with E-state index in [1.807, 2.05) is 42.5 Å². The molecule has 4 rings (SSSR count). The summed E-state index contributed by atoms with van der Waals surface area (Å²) < 4.78 is 11.5. The quantitative estimate of drug-likeness (QED) is 0.251. The number of aromatic nitrogens is 1. The number of anilines is 2. The van der Waals surface area contributed by atoms with Crippen LogP contribution in [0.4, 0.5) is 16.5 Å². The second-order valence-electron chi connectivity index (χ2n) is 8.62. The summed E-state index contributed by atoms with van der Waals surface area (Å²) in [5, 5.41) is 4.41. The second kappa shape index (κ2) is 12.1. The van der Waals surface area contributed by atoms with Crippen molar-refractivity contribution in [3.8, 4) is 5.75 Å². The minimum atomic E-state index is -0.301. The minimum absolute atomic E-state index is 0.243. The number of nitrogens with one attached hydrogen (secondary N) is 1. The van der Waals surface area contributed by atoms with E-state index >= 15 is 0 Å². The van der Waals surface area contributed by atoms with E-state index in [-0.39, 0.29) is 11.5 Å². The number of hydrogen-bond acceptors (Lipinski definition) is 7. The van der Waals surface area contributed by atoms with Crippen LogP contribution < -0.4 is 20.5 Å². The van der Waals surface area contributed by atoms with Crippen molar-refractivity contribution in [3.05, 3.63) is 70.2 Å². The van der Waals surface area contributed by atoms with E-state index in [9.17, 15) is 4.79 Å². The topological polar surface area (TPSA) is 80.0 Å². The van der Waals surface area contributed by atoms with Gasteiger partial charge in [-0.3, -0.25) is 10.1 Å². The van der Waals surface area contributed by atoms with E-state index < -0.39 is 0 Å². The number of thiazole rings is 1. The highest BCUT2D eigenvalue weighted by Gasteiger charge is 2.17. The fourth-order valence-electron chi connectivity index (χ4n) is 4.22. The van der Waals surface area contributed by atoms with Crippen molar-refractivity contribution in [3.63, 3.8) is 0 Å². The Morgan fingerprint density at radius 2 is 1.84 bits per heavy atom. The van der Waals surface area contributed by atoms with Gasteiger partial charge in [-0.1, -0.05) is 20.3 Å². The molecule has 0 aliphatic rings. The van der Waals surface area contributed by atoms with E-state index in [2.05, 4.69) is 49.0 Å². The number of carbonyl (C=O) groups is 1. The van der Waals surface area contributed by atoms with Crippen molar-refractivity contribution < 1.29 is 13.9 Å². The number of methoxy groups -OCH3 is 1. The predicted molar refractivity (Wildman–Crippen MR) is 151 cm³/mol. The number of ether oxygens (including phenoxy) is 1. The summed E-state index contributed by atoms with van der Waals surface area (Å²) >= 11 is 1.53. The lowest BCUT2D eigenvalue weighted by molar-refractivity contribution is 0.102. The molecule has 2 aromatic carbocycles. The molecule has 0 bridgehead atoms. The van der Waals surface area contributed by atoms with Gasteiger partial charge in [0, 0.05) is 35.1 Å². The van der Waals surface area contributed by atoms with Gasteiger partial charge >= 0.3 is 0 Å². The number of fused-ring (bicyclic) bond motifs is 1. The summed E-state index contributed by atoms with van der Waals surface area (Å²) in [6, 6.07) is 15.2. The molecular weight excluding hydrogens is 484 g/mol. The van der Waals surface area contributed by atoms with Crippen LogP contribution in [0.3, 0.4) is 0 Å². The van der Waals surface area contributed by atoms with E-state index in [0.29, 0.717) is 22.0 Å². The van der Waals surface area contributed by atoms with Crippen molar-refractivity contribution in [1.82, 2.24) is 4.98 Å². The van der Waals surface area contributed by atoms with Crippen LogP contribution >= 0.6 is 11.3 Å². The fraction of sp³-hybridized carbons (Fsp3) is 0.345. The van der Waals surface area contributed by atoms with Crippen LogP contribution in [-0.2, 0) is 12.8 Å². The molecule has 2 aromatic heterocycles. The van der Waals surface area contributed by atoms with Crippen LogP contribution in [-0.4, -0.2) is 31.1 Å². The zero-order chi connectivity index (χ0) is 26.4. The third-order valence-corrected chi connectivity index (χ3v) is 7.37. The van der Waals surface area contributed by atoms with Crippen LogP contribution in [0, 0.1) is 0 Å². The van der Waals surface area contributed by atoms with Crippen molar-refractivity contribution >= 4 is 44.7 Å². The molecule has 1 amide bonds. The van der Waals surface area contributed by atoms with Gasteiger partial charge in [0.2, 0.25) is 5.55 Å². The van der Waals surface area contributed by atoms with Gasteiger partial charge in [0.1, 0.15) is 16.9 Å². The lowest BCUT2D eigenvalue weighted by Crippen LogP contribution is -2.22. The third-order valence-electron chi connectivity index (χ3n) is 6.22. The first-order chi connectivity index (χ1) is 18.0. The monoisotopic (exact) mass is 518 g/mol. The number of aryl methyl sites for hydroxylation is 2. The van der Waals surface area contributed by atoms with Crippen LogP contribution in [0.1, 0.15) is 55.0 Å². The molecule has 1 N–H and O–H groups in total. The molecule has 0 spiro atoms. The SMILES string of the molecule is CCCc1nc(NC(=O)c2cc3ccc(N(CC)CC)cc3oc2=Nc2ccc(OC)cc2)sc1CC.